The van der Waals surface area contributed by atoms with Gasteiger partial charge in [-0.3, -0.25) is 0 Å². The van der Waals surface area contributed by atoms with Gasteiger partial charge in [-0.15, -0.1) is 5.10 Å². The van der Waals surface area contributed by atoms with Crippen LogP contribution in [0.4, 0.5) is 5.69 Å². The highest BCUT2D eigenvalue weighted by Crippen LogP contribution is 2.14. The number of anilines is 1. The number of aryl methyl sites for hydroxylation is 3. The zero-order valence-corrected chi connectivity index (χ0v) is 10.4. The fourth-order valence-electron chi connectivity index (χ4n) is 1.60. The molecule has 2 N–H and O–H groups in total. The molecule has 2 heterocycles. The van der Waals surface area contributed by atoms with E-state index >= 15 is 0 Å². The Morgan fingerprint density at radius 3 is 2.65 bits per heavy atom. The summed E-state index contributed by atoms with van der Waals surface area (Å²) in [6.45, 7) is 6.03. The summed E-state index contributed by atoms with van der Waals surface area (Å²) < 4.78 is 1.77. The predicted molar refractivity (Wildman–Crippen MR) is 67.1 cm³/mol. The number of hydrogen-bond acceptors (Lipinski definition) is 4. The van der Waals surface area contributed by atoms with Gasteiger partial charge in [0.1, 0.15) is 5.82 Å². The van der Waals surface area contributed by atoms with Crippen molar-refractivity contribution in [2.45, 2.75) is 33.6 Å². The van der Waals surface area contributed by atoms with E-state index in [-0.39, 0.29) is 0 Å². The first kappa shape index (κ1) is 11.6. The van der Waals surface area contributed by atoms with Crippen LogP contribution in [-0.2, 0) is 12.8 Å². The van der Waals surface area contributed by atoms with Crippen molar-refractivity contribution in [2.75, 3.05) is 5.73 Å². The molecule has 0 unspecified atom stereocenters. The molecule has 0 saturated heterocycles. The molecule has 2 aromatic heterocycles. The van der Waals surface area contributed by atoms with Gasteiger partial charge < -0.3 is 5.73 Å². The lowest BCUT2D eigenvalue weighted by molar-refractivity contribution is 0.769. The molecule has 0 aliphatic carbocycles. The van der Waals surface area contributed by atoms with E-state index in [1.165, 1.54) is 0 Å². The van der Waals surface area contributed by atoms with E-state index in [0.717, 1.165) is 41.6 Å². The first-order valence-corrected chi connectivity index (χ1v) is 5.83. The maximum atomic E-state index is 5.89. The molecule has 90 valence electrons. The minimum atomic E-state index is 0.727. The monoisotopic (exact) mass is 231 g/mol. The molecule has 0 aromatic carbocycles. The van der Waals surface area contributed by atoms with Crippen LogP contribution < -0.4 is 5.73 Å². The summed E-state index contributed by atoms with van der Waals surface area (Å²) in [5.41, 5.74) is 7.59. The molecular formula is C12H17N5. The van der Waals surface area contributed by atoms with Gasteiger partial charge >= 0.3 is 0 Å². The van der Waals surface area contributed by atoms with Crippen LogP contribution in [0, 0.1) is 6.92 Å². The third-order valence-electron chi connectivity index (χ3n) is 2.70. The maximum absolute atomic E-state index is 5.89. The number of pyridine rings is 1. The molecule has 0 saturated carbocycles. The Bertz CT molecular complexity index is 530. The van der Waals surface area contributed by atoms with Gasteiger partial charge in [0, 0.05) is 30.8 Å². The SMILES string of the molecule is CCc1nc(CC)n(-c2cc(N)c(C)cn2)n1. The van der Waals surface area contributed by atoms with Gasteiger partial charge in [0.05, 0.1) is 0 Å². The quantitative estimate of drug-likeness (QED) is 0.872. The fraction of sp³-hybridized carbons (Fsp3) is 0.417. The van der Waals surface area contributed by atoms with Crippen LogP contribution >= 0.6 is 0 Å². The van der Waals surface area contributed by atoms with E-state index in [0.29, 0.717) is 0 Å². The largest absolute Gasteiger partial charge is 0.398 e. The van der Waals surface area contributed by atoms with Gasteiger partial charge in [-0.1, -0.05) is 13.8 Å². The van der Waals surface area contributed by atoms with Crippen LogP contribution in [0.25, 0.3) is 5.82 Å². The lowest BCUT2D eigenvalue weighted by Gasteiger charge is -2.05. The minimum Gasteiger partial charge on any atom is -0.398 e. The Kier molecular flexibility index (Phi) is 3.08. The topological polar surface area (TPSA) is 69.6 Å². The summed E-state index contributed by atoms with van der Waals surface area (Å²) in [6, 6.07) is 1.84. The fourth-order valence-corrected chi connectivity index (χ4v) is 1.60. The van der Waals surface area contributed by atoms with E-state index in [2.05, 4.69) is 22.0 Å². The Labute approximate surface area is 101 Å². The molecule has 5 heteroatoms. The molecule has 2 rings (SSSR count). The van der Waals surface area contributed by atoms with Crippen LogP contribution in [0.5, 0.6) is 0 Å². The highest BCUT2D eigenvalue weighted by molar-refractivity contribution is 5.49. The van der Waals surface area contributed by atoms with Crippen molar-refractivity contribution < 1.29 is 0 Å². The smallest absolute Gasteiger partial charge is 0.157 e. The van der Waals surface area contributed by atoms with Gasteiger partial charge in [-0.2, -0.15) is 4.68 Å². The minimum absolute atomic E-state index is 0.727. The summed E-state index contributed by atoms with van der Waals surface area (Å²) in [7, 11) is 0. The van der Waals surface area contributed by atoms with Gasteiger partial charge in [0.2, 0.25) is 0 Å². The molecule has 0 fully saturated rings. The van der Waals surface area contributed by atoms with Crippen molar-refractivity contribution >= 4 is 5.69 Å². The third kappa shape index (κ3) is 2.13. The third-order valence-corrected chi connectivity index (χ3v) is 2.70. The van der Waals surface area contributed by atoms with E-state index in [1.54, 1.807) is 10.9 Å². The molecule has 0 bridgehead atoms. The maximum Gasteiger partial charge on any atom is 0.157 e. The number of rotatable bonds is 3. The van der Waals surface area contributed by atoms with Crippen LogP contribution in [0.1, 0.15) is 31.1 Å². The van der Waals surface area contributed by atoms with Crippen molar-refractivity contribution in [1.29, 1.82) is 0 Å². The molecule has 0 aliphatic rings. The van der Waals surface area contributed by atoms with Crippen molar-refractivity contribution in [3.8, 4) is 5.82 Å². The van der Waals surface area contributed by atoms with E-state index < -0.39 is 0 Å². The van der Waals surface area contributed by atoms with Gasteiger partial charge in [-0.25, -0.2) is 9.97 Å². The lowest BCUT2D eigenvalue weighted by atomic mass is 10.2. The summed E-state index contributed by atoms with van der Waals surface area (Å²) in [5.74, 6) is 2.48. The first-order chi connectivity index (χ1) is 8.15. The van der Waals surface area contributed by atoms with E-state index in [1.807, 2.05) is 19.9 Å². The molecule has 0 radical (unpaired) electrons. The van der Waals surface area contributed by atoms with Gasteiger partial charge in [-0.05, 0) is 12.5 Å². The first-order valence-electron chi connectivity index (χ1n) is 5.83. The summed E-state index contributed by atoms with van der Waals surface area (Å²) in [4.78, 5) is 8.79. The molecule has 0 spiro atoms. The molecule has 0 atom stereocenters. The van der Waals surface area contributed by atoms with Gasteiger partial charge in [0.25, 0.3) is 0 Å². The molecular weight excluding hydrogens is 214 g/mol. The van der Waals surface area contributed by atoms with Crippen LogP contribution in [0.3, 0.4) is 0 Å². The Balaban J connectivity index is 2.51. The van der Waals surface area contributed by atoms with E-state index in [9.17, 15) is 0 Å². The summed E-state index contributed by atoms with van der Waals surface area (Å²) >= 11 is 0. The number of hydrogen-bond donors (Lipinski definition) is 1. The van der Waals surface area contributed by atoms with Crippen molar-refractivity contribution in [1.82, 2.24) is 19.7 Å². The Hall–Kier alpha value is -1.91. The molecule has 2 aromatic rings. The lowest BCUT2D eigenvalue weighted by Crippen LogP contribution is -2.06. The second-order valence-electron chi connectivity index (χ2n) is 3.96. The average Bonchev–Trinajstić information content (AvgIpc) is 2.76. The number of nitrogens with two attached hydrogens (primary N) is 1. The number of nitrogens with zero attached hydrogens (tertiary/aromatic N) is 4. The van der Waals surface area contributed by atoms with Crippen molar-refractivity contribution in [3.63, 3.8) is 0 Å². The average molecular weight is 231 g/mol. The van der Waals surface area contributed by atoms with Crippen LogP contribution in [-0.4, -0.2) is 19.7 Å². The highest BCUT2D eigenvalue weighted by Gasteiger charge is 2.10. The molecule has 0 aliphatic heterocycles. The molecule has 17 heavy (non-hydrogen) atoms. The van der Waals surface area contributed by atoms with Gasteiger partial charge in [0.15, 0.2) is 11.6 Å². The summed E-state index contributed by atoms with van der Waals surface area (Å²) in [6.07, 6.45) is 3.40. The number of nitrogen functional groups attached to an aromatic ring is 1. The normalized spacial score (nSPS) is 10.8. The number of aromatic nitrogens is 4. The second-order valence-corrected chi connectivity index (χ2v) is 3.96. The van der Waals surface area contributed by atoms with Crippen LogP contribution in [0.2, 0.25) is 0 Å². The zero-order valence-electron chi connectivity index (χ0n) is 10.4. The molecule has 0 amide bonds. The Morgan fingerprint density at radius 2 is 2.06 bits per heavy atom. The molecule has 5 nitrogen and oxygen atoms in total. The Morgan fingerprint density at radius 1 is 1.29 bits per heavy atom. The predicted octanol–water partition coefficient (Wildman–Crippen LogP) is 1.68. The van der Waals surface area contributed by atoms with E-state index in [4.69, 9.17) is 5.73 Å². The van der Waals surface area contributed by atoms with Crippen molar-refractivity contribution in [2.24, 2.45) is 0 Å². The summed E-state index contributed by atoms with van der Waals surface area (Å²) in [5, 5.41) is 4.43. The second kappa shape index (κ2) is 4.53. The zero-order chi connectivity index (χ0) is 12.4. The van der Waals surface area contributed by atoms with Crippen LogP contribution in [0.15, 0.2) is 12.3 Å². The van der Waals surface area contributed by atoms with Crippen molar-refractivity contribution in [3.05, 3.63) is 29.5 Å². The highest BCUT2D eigenvalue weighted by atomic mass is 15.4. The standard InChI is InChI=1S/C12H17N5/c1-4-10-15-11(5-2)17(16-10)12-6-9(13)8(3)7-14-12/h6-7H,4-5H2,1-3H3,(H2,13,14).